The van der Waals surface area contributed by atoms with Crippen molar-refractivity contribution in [2.24, 2.45) is 0 Å². The monoisotopic (exact) mass is 345 g/mol. The van der Waals surface area contributed by atoms with Crippen LogP contribution >= 0.6 is 11.3 Å². The van der Waals surface area contributed by atoms with E-state index in [0.717, 1.165) is 17.7 Å². The van der Waals surface area contributed by atoms with Crippen LogP contribution in [-0.2, 0) is 22.4 Å². The van der Waals surface area contributed by atoms with Gasteiger partial charge in [-0.05, 0) is 31.2 Å². The van der Waals surface area contributed by atoms with Crippen LogP contribution in [0.3, 0.4) is 0 Å². The molecular formula is C17H19N3O3S. The number of carboxylic acid groups (broad SMARTS) is 1. The summed E-state index contributed by atoms with van der Waals surface area (Å²) in [6, 6.07) is 9.11. The van der Waals surface area contributed by atoms with Crippen molar-refractivity contribution < 1.29 is 14.7 Å². The third-order valence-corrected chi connectivity index (χ3v) is 5.02. The summed E-state index contributed by atoms with van der Waals surface area (Å²) in [6.45, 7) is 0. The Morgan fingerprint density at radius 3 is 2.67 bits per heavy atom. The second-order valence-corrected chi connectivity index (χ2v) is 6.91. The SMILES string of the molecule is O=C(O)[C@@H]1CC[C@H](C(=O)Nc2ncc(CCc3ccccc3)s2)N1. The van der Waals surface area contributed by atoms with E-state index in [4.69, 9.17) is 5.11 Å². The number of thiazole rings is 1. The first-order valence-corrected chi connectivity index (χ1v) is 8.72. The molecule has 0 radical (unpaired) electrons. The van der Waals surface area contributed by atoms with E-state index in [-0.39, 0.29) is 5.91 Å². The smallest absolute Gasteiger partial charge is 0.320 e. The minimum Gasteiger partial charge on any atom is -0.480 e. The number of nitrogens with one attached hydrogen (secondary N) is 2. The number of aromatic nitrogens is 1. The van der Waals surface area contributed by atoms with Gasteiger partial charge in [-0.3, -0.25) is 14.9 Å². The van der Waals surface area contributed by atoms with Crippen molar-refractivity contribution in [3.8, 4) is 0 Å². The maximum absolute atomic E-state index is 12.2. The number of rotatable bonds is 6. The van der Waals surface area contributed by atoms with Gasteiger partial charge in [0.1, 0.15) is 6.04 Å². The lowest BCUT2D eigenvalue weighted by Crippen LogP contribution is -2.41. The fourth-order valence-corrected chi connectivity index (χ4v) is 3.54. The van der Waals surface area contributed by atoms with Gasteiger partial charge >= 0.3 is 5.97 Å². The minimum atomic E-state index is -0.914. The summed E-state index contributed by atoms with van der Waals surface area (Å²) < 4.78 is 0. The molecule has 1 aromatic heterocycles. The Hall–Kier alpha value is -2.25. The lowest BCUT2D eigenvalue weighted by atomic mass is 10.1. The zero-order valence-electron chi connectivity index (χ0n) is 13.1. The number of nitrogens with zero attached hydrogens (tertiary/aromatic N) is 1. The summed E-state index contributed by atoms with van der Waals surface area (Å²) in [5.74, 6) is -1.13. The van der Waals surface area contributed by atoms with E-state index in [1.54, 1.807) is 6.20 Å². The normalized spacial score (nSPS) is 20.0. The second kappa shape index (κ2) is 7.55. The summed E-state index contributed by atoms with van der Waals surface area (Å²) in [5, 5.41) is 15.1. The molecule has 1 aliphatic heterocycles. The zero-order valence-corrected chi connectivity index (χ0v) is 13.9. The summed E-state index contributed by atoms with van der Waals surface area (Å²) in [5.41, 5.74) is 1.27. The largest absolute Gasteiger partial charge is 0.480 e. The molecule has 0 spiro atoms. The van der Waals surface area contributed by atoms with Crippen molar-refractivity contribution >= 4 is 28.3 Å². The van der Waals surface area contributed by atoms with E-state index >= 15 is 0 Å². The fourth-order valence-electron chi connectivity index (χ4n) is 2.73. The van der Waals surface area contributed by atoms with Gasteiger partial charge in [-0.25, -0.2) is 4.98 Å². The summed E-state index contributed by atoms with van der Waals surface area (Å²) >= 11 is 1.46. The molecule has 24 heavy (non-hydrogen) atoms. The molecule has 1 fully saturated rings. The van der Waals surface area contributed by atoms with Gasteiger partial charge in [0.05, 0.1) is 6.04 Å². The number of carbonyl (C=O) groups excluding carboxylic acids is 1. The van der Waals surface area contributed by atoms with Crippen LogP contribution in [0.25, 0.3) is 0 Å². The predicted octanol–water partition coefficient (Wildman–Crippen LogP) is 2.07. The number of carbonyl (C=O) groups is 2. The Labute approximate surface area is 143 Å². The first-order chi connectivity index (χ1) is 11.6. The maximum atomic E-state index is 12.2. The van der Waals surface area contributed by atoms with Gasteiger partial charge in [-0.2, -0.15) is 0 Å². The van der Waals surface area contributed by atoms with E-state index in [1.807, 2.05) is 18.2 Å². The number of hydrogen-bond donors (Lipinski definition) is 3. The summed E-state index contributed by atoms with van der Waals surface area (Å²) in [6.07, 6.45) is 4.58. The van der Waals surface area contributed by atoms with E-state index in [0.29, 0.717) is 18.0 Å². The third-order valence-electron chi connectivity index (χ3n) is 4.05. The lowest BCUT2D eigenvalue weighted by Gasteiger charge is -2.10. The van der Waals surface area contributed by atoms with E-state index < -0.39 is 18.1 Å². The predicted molar refractivity (Wildman–Crippen MR) is 92.2 cm³/mol. The fraction of sp³-hybridized carbons (Fsp3) is 0.353. The molecule has 6 nitrogen and oxygen atoms in total. The highest BCUT2D eigenvalue weighted by atomic mass is 32.1. The van der Waals surface area contributed by atoms with Crippen molar-refractivity contribution in [3.05, 3.63) is 47.0 Å². The molecule has 126 valence electrons. The maximum Gasteiger partial charge on any atom is 0.320 e. The Balaban J connectivity index is 1.51. The van der Waals surface area contributed by atoms with Crippen molar-refractivity contribution in [2.75, 3.05) is 5.32 Å². The zero-order chi connectivity index (χ0) is 16.9. The summed E-state index contributed by atoms with van der Waals surface area (Å²) in [7, 11) is 0. The van der Waals surface area contributed by atoms with Gasteiger partial charge < -0.3 is 10.4 Å². The average molecular weight is 345 g/mol. The number of amides is 1. The Bertz CT molecular complexity index is 717. The molecule has 3 N–H and O–H groups in total. The van der Waals surface area contributed by atoms with Crippen molar-refractivity contribution in [1.82, 2.24) is 10.3 Å². The second-order valence-electron chi connectivity index (χ2n) is 5.79. The Kier molecular flexibility index (Phi) is 5.22. The molecule has 0 unspecified atom stereocenters. The molecule has 0 saturated carbocycles. The highest BCUT2D eigenvalue weighted by molar-refractivity contribution is 7.15. The Morgan fingerprint density at radius 1 is 1.21 bits per heavy atom. The summed E-state index contributed by atoms with van der Waals surface area (Å²) in [4.78, 5) is 28.4. The molecule has 2 aromatic rings. The highest BCUT2D eigenvalue weighted by Crippen LogP contribution is 2.21. The highest BCUT2D eigenvalue weighted by Gasteiger charge is 2.33. The lowest BCUT2D eigenvalue weighted by molar-refractivity contribution is -0.139. The van der Waals surface area contributed by atoms with Gasteiger partial charge in [0.15, 0.2) is 5.13 Å². The van der Waals surface area contributed by atoms with Gasteiger partial charge in [0, 0.05) is 11.1 Å². The topological polar surface area (TPSA) is 91.3 Å². The minimum absolute atomic E-state index is 0.220. The van der Waals surface area contributed by atoms with Crippen LogP contribution in [0.15, 0.2) is 36.5 Å². The molecule has 1 saturated heterocycles. The molecule has 7 heteroatoms. The van der Waals surface area contributed by atoms with E-state index in [2.05, 4.69) is 27.8 Å². The van der Waals surface area contributed by atoms with Crippen LogP contribution in [0.2, 0.25) is 0 Å². The van der Waals surface area contributed by atoms with Crippen LogP contribution < -0.4 is 10.6 Å². The van der Waals surface area contributed by atoms with Gasteiger partial charge in [0.25, 0.3) is 0 Å². The molecule has 2 heterocycles. The van der Waals surface area contributed by atoms with Crippen LogP contribution in [0.1, 0.15) is 23.3 Å². The number of benzene rings is 1. The molecular weight excluding hydrogens is 326 g/mol. The molecule has 0 aliphatic carbocycles. The van der Waals surface area contributed by atoms with Gasteiger partial charge in [-0.1, -0.05) is 30.3 Å². The van der Waals surface area contributed by atoms with Crippen molar-refractivity contribution in [1.29, 1.82) is 0 Å². The third kappa shape index (κ3) is 4.18. The first-order valence-electron chi connectivity index (χ1n) is 7.90. The molecule has 1 aromatic carbocycles. The molecule has 2 atom stereocenters. The first kappa shape index (κ1) is 16.6. The van der Waals surface area contributed by atoms with Crippen LogP contribution in [-0.4, -0.2) is 34.1 Å². The van der Waals surface area contributed by atoms with Crippen molar-refractivity contribution in [2.45, 2.75) is 37.8 Å². The number of anilines is 1. The van der Waals surface area contributed by atoms with E-state index in [9.17, 15) is 9.59 Å². The Morgan fingerprint density at radius 2 is 1.96 bits per heavy atom. The van der Waals surface area contributed by atoms with Gasteiger partial charge in [-0.15, -0.1) is 11.3 Å². The van der Waals surface area contributed by atoms with Crippen molar-refractivity contribution in [3.63, 3.8) is 0 Å². The van der Waals surface area contributed by atoms with E-state index in [1.165, 1.54) is 16.9 Å². The standard InChI is InChI=1S/C17H19N3O3S/c21-15(13-8-9-14(19-13)16(22)23)20-17-18-10-12(24-17)7-6-11-4-2-1-3-5-11/h1-5,10,13-14,19H,6-9H2,(H,22,23)(H,18,20,21)/t13-,14+/m1/s1. The molecule has 0 bridgehead atoms. The molecule has 3 rings (SSSR count). The van der Waals surface area contributed by atoms with Crippen LogP contribution in [0, 0.1) is 0 Å². The molecule has 1 amide bonds. The quantitative estimate of drug-likeness (QED) is 0.745. The molecule has 1 aliphatic rings. The number of aryl methyl sites for hydroxylation is 2. The number of hydrogen-bond acceptors (Lipinski definition) is 5. The van der Waals surface area contributed by atoms with Gasteiger partial charge in [0.2, 0.25) is 5.91 Å². The number of aliphatic carboxylic acids is 1. The average Bonchev–Trinajstić information content (AvgIpc) is 3.23. The van der Waals surface area contributed by atoms with Crippen LogP contribution in [0.4, 0.5) is 5.13 Å². The number of carboxylic acids is 1. The van der Waals surface area contributed by atoms with Crippen LogP contribution in [0.5, 0.6) is 0 Å².